The number of ether oxygens (including phenoxy) is 2. The average Bonchev–Trinajstić information content (AvgIpc) is 3.51. The van der Waals surface area contributed by atoms with E-state index in [1.165, 1.54) is 17.5 Å². The first kappa shape index (κ1) is 26.6. The molecule has 4 heterocycles. The van der Waals surface area contributed by atoms with Crippen molar-refractivity contribution in [3.8, 4) is 17.4 Å². The SMILES string of the molecule is CCC(C)ON(Cc1ccc2c(c1)OCCO2)C(=O)C1NCCN(c2cc(Cl)nc(-n3ccnc3)n2)C1=C=O. The summed E-state index contributed by atoms with van der Waals surface area (Å²) in [7, 11) is 0. The fraction of sp³-hybridized carbons (Fsp3) is 0.385. The van der Waals surface area contributed by atoms with E-state index in [4.69, 9.17) is 25.9 Å². The van der Waals surface area contributed by atoms with Crippen molar-refractivity contribution >= 4 is 29.3 Å². The summed E-state index contributed by atoms with van der Waals surface area (Å²) in [5, 5.41) is 4.59. The second-order valence-electron chi connectivity index (χ2n) is 9.02. The zero-order chi connectivity index (χ0) is 27.4. The predicted octanol–water partition coefficient (Wildman–Crippen LogP) is 2.34. The fourth-order valence-electron chi connectivity index (χ4n) is 4.23. The van der Waals surface area contributed by atoms with Crippen LogP contribution in [0.1, 0.15) is 25.8 Å². The predicted molar refractivity (Wildman–Crippen MR) is 141 cm³/mol. The molecule has 1 N–H and O–H groups in total. The smallest absolute Gasteiger partial charge is 0.270 e. The van der Waals surface area contributed by atoms with Gasteiger partial charge >= 0.3 is 0 Å². The Morgan fingerprint density at radius 1 is 1.28 bits per heavy atom. The van der Waals surface area contributed by atoms with Crippen LogP contribution in [-0.2, 0) is 21.0 Å². The number of amides is 1. The number of aromatic nitrogens is 4. The van der Waals surface area contributed by atoms with Crippen molar-refractivity contribution in [3.63, 3.8) is 0 Å². The van der Waals surface area contributed by atoms with Crippen molar-refractivity contribution in [2.24, 2.45) is 0 Å². The molecule has 13 heteroatoms. The number of piperazine rings is 1. The first-order valence-corrected chi connectivity index (χ1v) is 13.0. The molecule has 39 heavy (non-hydrogen) atoms. The molecule has 2 aliphatic heterocycles. The lowest BCUT2D eigenvalue weighted by Gasteiger charge is -2.36. The van der Waals surface area contributed by atoms with Gasteiger partial charge in [-0.25, -0.2) is 19.8 Å². The van der Waals surface area contributed by atoms with Gasteiger partial charge in [0.1, 0.15) is 48.2 Å². The maximum atomic E-state index is 13.9. The molecule has 1 fully saturated rings. The molecule has 0 aliphatic carbocycles. The van der Waals surface area contributed by atoms with Gasteiger partial charge < -0.3 is 14.4 Å². The van der Waals surface area contributed by atoms with E-state index in [1.54, 1.807) is 21.9 Å². The summed E-state index contributed by atoms with van der Waals surface area (Å²) in [5.74, 6) is 3.41. The Morgan fingerprint density at radius 2 is 2.10 bits per heavy atom. The summed E-state index contributed by atoms with van der Waals surface area (Å²) in [4.78, 5) is 46.6. The van der Waals surface area contributed by atoms with Crippen molar-refractivity contribution in [2.45, 2.75) is 39.0 Å². The van der Waals surface area contributed by atoms with Crippen LogP contribution in [0.4, 0.5) is 5.82 Å². The molecule has 1 saturated heterocycles. The number of nitrogens with one attached hydrogen (secondary N) is 1. The third-order valence-electron chi connectivity index (χ3n) is 6.34. The molecular formula is C26H28ClN7O5. The number of carbonyl (C=O) groups excluding carboxylic acids is 2. The molecule has 3 aromatic rings. The van der Waals surface area contributed by atoms with Crippen LogP contribution in [-0.4, -0.2) is 74.9 Å². The number of hydroxylamine groups is 2. The third kappa shape index (κ3) is 5.89. The van der Waals surface area contributed by atoms with E-state index >= 15 is 0 Å². The van der Waals surface area contributed by atoms with E-state index in [2.05, 4.69) is 20.3 Å². The summed E-state index contributed by atoms with van der Waals surface area (Å²) in [6, 6.07) is 6.00. The first-order chi connectivity index (χ1) is 19.0. The Kier molecular flexibility index (Phi) is 8.08. The fourth-order valence-corrected chi connectivity index (χ4v) is 4.40. The van der Waals surface area contributed by atoms with Gasteiger partial charge in [0, 0.05) is 31.5 Å². The van der Waals surface area contributed by atoms with Crippen molar-refractivity contribution in [3.05, 3.63) is 59.4 Å². The standard InChI is InChI=1S/C26H28ClN7O5/c1-3-17(2)39-34(14-18-4-5-20-21(12-18)38-11-10-37-20)25(36)24-19(15-35)33(9-7-29-24)23-13-22(27)30-26(31-23)32-8-6-28-16-32/h4-6,8,12-13,16-17,24,29H,3,7,9-11,14H2,1-2H3. The van der Waals surface area contributed by atoms with E-state index in [0.717, 1.165) is 5.56 Å². The topological polar surface area (TPSA) is 124 Å². The Morgan fingerprint density at radius 3 is 2.85 bits per heavy atom. The van der Waals surface area contributed by atoms with E-state index in [9.17, 15) is 9.59 Å². The van der Waals surface area contributed by atoms with Crippen LogP contribution in [0.15, 0.2) is 48.7 Å². The highest BCUT2D eigenvalue weighted by atomic mass is 35.5. The molecule has 0 spiro atoms. The van der Waals surface area contributed by atoms with Crippen LogP contribution < -0.4 is 19.7 Å². The van der Waals surface area contributed by atoms with Crippen molar-refractivity contribution < 1.29 is 23.9 Å². The van der Waals surface area contributed by atoms with E-state index in [-0.39, 0.29) is 29.4 Å². The molecule has 5 rings (SSSR count). The molecule has 2 unspecified atom stereocenters. The number of halogens is 1. The van der Waals surface area contributed by atoms with E-state index in [0.29, 0.717) is 50.0 Å². The van der Waals surface area contributed by atoms with Crippen LogP contribution in [0.25, 0.3) is 5.95 Å². The summed E-state index contributed by atoms with van der Waals surface area (Å²) >= 11 is 6.29. The highest BCUT2D eigenvalue weighted by Gasteiger charge is 2.37. The lowest BCUT2D eigenvalue weighted by Crippen LogP contribution is -2.57. The Balaban J connectivity index is 1.42. The number of nitrogens with zero attached hydrogens (tertiary/aromatic N) is 6. The number of carbonyl (C=O) groups is 1. The molecule has 0 saturated carbocycles. The van der Waals surface area contributed by atoms with E-state index < -0.39 is 11.9 Å². The summed E-state index contributed by atoms with van der Waals surface area (Å²) in [5.41, 5.74) is 0.852. The third-order valence-corrected chi connectivity index (χ3v) is 6.54. The second kappa shape index (κ2) is 11.8. The molecule has 2 aromatic heterocycles. The monoisotopic (exact) mass is 553 g/mol. The molecule has 1 aromatic carbocycles. The zero-order valence-corrected chi connectivity index (χ0v) is 22.3. The summed E-state index contributed by atoms with van der Waals surface area (Å²) in [6.45, 7) is 5.67. The molecule has 1 amide bonds. The normalized spacial score (nSPS) is 17.5. The van der Waals surface area contributed by atoms with Crippen molar-refractivity contribution in [2.75, 3.05) is 31.2 Å². The molecular weight excluding hydrogens is 526 g/mol. The maximum Gasteiger partial charge on any atom is 0.270 e. The summed E-state index contributed by atoms with van der Waals surface area (Å²) < 4.78 is 12.9. The van der Waals surface area contributed by atoms with Gasteiger partial charge in [0.05, 0.1) is 12.6 Å². The quantitative estimate of drug-likeness (QED) is 0.252. The highest BCUT2D eigenvalue weighted by Crippen LogP contribution is 2.32. The largest absolute Gasteiger partial charge is 0.486 e. The van der Waals surface area contributed by atoms with Gasteiger partial charge in [-0.15, -0.1) is 0 Å². The minimum Gasteiger partial charge on any atom is -0.486 e. The van der Waals surface area contributed by atoms with Gasteiger partial charge in [-0.1, -0.05) is 24.6 Å². The van der Waals surface area contributed by atoms with Gasteiger partial charge in [0.2, 0.25) is 5.95 Å². The molecule has 0 bridgehead atoms. The lowest BCUT2D eigenvalue weighted by atomic mass is 10.1. The zero-order valence-electron chi connectivity index (χ0n) is 21.5. The number of benzene rings is 1. The van der Waals surface area contributed by atoms with Crippen LogP contribution >= 0.6 is 11.6 Å². The number of fused-ring (bicyclic) bond motifs is 1. The van der Waals surface area contributed by atoms with Gasteiger partial charge in [-0.05, 0) is 31.0 Å². The van der Waals surface area contributed by atoms with Gasteiger partial charge in [-0.2, -0.15) is 4.98 Å². The van der Waals surface area contributed by atoms with Crippen molar-refractivity contribution in [1.82, 2.24) is 29.9 Å². The Hall–Kier alpha value is -3.96. The Labute approximate surface area is 230 Å². The van der Waals surface area contributed by atoms with E-state index in [1.807, 2.05) is 38.0 Å². The molecule has 204 valence electrons. The number of hydrogen-bond acceptors (Lipinski definition) is 10. The summed E-state index contributed by atoms with van der Waals surface area (Å²) in [6.07, 6.45) is 5.25. The number of hydrogen-bond donors (Lipinski definition) is 1. The molecule has 12 nitrogen and oxygen atoms in total. The number of imidazole rings is 1. The van der Waals surface area contributed by atoms with Gasteiger partial charge in [0.25, 0.3) is 5.91 Å². The van der Waals surface area contributed by atoms with Crippen LogP contribution in [0.3, 0.4) is 0 Å². The first-order valence-electron chi connectivity index (χ1n) is 12.6. The minimum atomic E-state index is -1.03. The number of rotatable bonds is 8. The van der Waals surface area contributed by atoms with Crippen LogP contribution in [0, 0.1) is 0 Å². The number of anilines is 1. The average molecular weight is 554 g/mol. The van der Waals surface area contributed by atoms with Crippen molar-refractivity contribution in [1.29, 1.82) is 0 Å². The molecule has 0 radical (unpaired) electrons. The highest BCUT2D eigenvalue weighted by molar-refractivity contribution is 6.29. The molecule has 2 aliphatic rings. The maximum absolute atomic E-state index is 13.9. The minimum absolute atomic E-state index is 0.0672. The second-order valence-corrected chi connectivity index (χ2v) is 9.41. The van der Waals surface area contributed by atoms with Gasteiger partial charge in [0.15, 0.2) is 11.5 Å². The van der Waals surface area contributed by atoms with Gasteiger partial charge in [-0.3, -0.25) is 19.5 Å². The Bertz CT molecular complexity index is 1380. The van der Waals surface area contributed by atoms with Crippen LogP contribution in [0.2, 0.25) is 5.15 Å². The lowest BCUT2D eigenvalue weighted by molar-refractivity contribution is -0.209. The molecule has 2 atom stereocenters. The van der Waals surface area contributed by atoms with Crippen LogP contribution in [0.5, 0.6) is 11.5 Å².